The monoisotopic (exact) mass is 339 g/mol. The molecule has 2 aliphatic rings. The number of hydrogen-bond donors (Lipinski definition) is 2. The van der Waals surface area contributed by atoms with Crippen LogP contribution in [0.5, 0.6) is 0 Å². The highest BCUT2D eigenvalue weighted by Crippen LogP contribution is 2.52. The number of thioether (sulfide) groups is 2. The average Bonchev–Trinajstić information content (AvgIpc) is 3.04. The third-order valence-corrected chi connectivity index (χ3v) is 5.77. The summed E-state index contributed by atoms with van der Waals surface area (Å²) in [7, 11) is 1.79. The molecule has 1 aromatic heterocycles. The van der Waals surface area contributed by atoms with E-state index < -0.39 is 5.97 Å². The molecule has 0 aliphatic carbocycles. The smallest absolute Gasteiger partial charge is 0.354 e. The van der Waals surface area contributed by atoms with Crippen LogP contribution in [-0.2, 0) is 16.6 Å². The number of fused-ring (bicyclic) bond motifs is 1. The van der Waals surface area contributed by atoms with Crippen molar-refractivity contribution in [2.24, 2.45) is 7.05 Å². The minimum Gasteiger partial charge on any atom is -0.477 e. The lowest BCUT2D eigenvalue weighted by Gasteiger charge is -2.36. The summed E-state index contributed by atoms with van der Waals surface area (Å²) in [5.74, 6) is -1.02. The second kappa shape index (κ2) is 5.82. The van der Waals surface area contributed by atoms with E-state index in [1.54, 1.807) is 30.2 Å². The van der Waals surface area contributed by atoms with Crippen molar-refractivity contribution < 1.29 is 19.8 Å². The van der Waals surface area contributed by atoms with Crippen molar-refractivity contribution >= 4 is 41.5 Å². The van der Waals surface area contributed by atoms with E-state index in [-0.39, 0.29) is 23.6 Å². The number of rotatable bonds is 5. The van der Waals surface area contributed by atoms with Gasteiger partial charge >= 0.3 is 5.97 Å². The highest BCUT2D eigenvalue weighted by Gasteiger charge is 2.52. The molecule has 3 heterocycles. The number of carboxylic acids is 1. The van der Waals surface area contributed by atoms with Gasteiger partial charge in [0, 0.05) is 24.6 Å². The molecule has 0 saturated carbocycles. The Morgan fingerprint density at radius 3 is 2.95 bits per heavy atom. The average molecular weight is 339 g/mol. The van der Waals surface area contributed by atoms with Gasteiger partial charge in [-0.1, -0.05) is 11.8 Å². The number of aromatic nitrogens is 2. The Hall–Kier alpha value is -1.71. The molecule has 1 fully saturated rings. The Labute approximate surface area is 134 Å². The van der Waals surface area contributed by atoms with Gasteiger partial charge in [0.25, 0.3) is 5.91 Å². The minimum absolute atomic E-state index is 0.0155. The Balaban J connectivity index is 1.86. The number of nitrogens with zero attached hydrogens (tertiary/aromatic N) is 3. The molecular formula is C13H13N3O4S2. The molecule has 0 unspecified atom stereocenters. The van der Waals surface area contributed by atoms with Crippen LogP contribution in [0.3, 0.4) is 0 Å². The van der Waals surface area contributed by atoms with Gasteiger partial charge in [-0.2, -0.15) is 5.10 Å². The fraction of sp³-hybridized carbons (Fsp3) is 0.308. The van der Waals surface area contributed by atoms with Crippen LogP contribution in [0, 0.1) is 0 Å². The lowest BCUT2D eigenvalue weighted by Crippen LogP contribution is -2.51. The largest absolute Gasteiger partial charge is 0.477 e. The molecule has 2 aliphatic heterocycles. The number of carbonyl (C=O) groups is 2. The molecule has 0 aromatic carbocycles. The van der Waals surface area contributed by atoms with Gasteiger partial charge in [-0.15, -0.1) is 11.8 Å². The van der Waals surface area contributed by atoms with Gasteiger partial charge in [0.2, 0.25) is 0 Å². The third kappa shape index (κ3) is 2.44. The normalized spacial score (nSPS) is 22.3. The summed E-state index contributed by atoms with van der Waals surface area (Å²) in [5, 5.41) is 22.0. The number of carboxylic acid groups (broad SMARTS) is 1. The Bertz CT molecular complexity index is 710. The van der Waals surface area contributed by atoms with Crippen LogP contribution in [0.15, 0.2) is 27.9 Å². The van der Waals surface area contributed by atoms with Crippen LogP contribution in [-0.4, -0.2) is 54.5 Å². The van der Waals surface area contributed by atoms with Crippen LogP contribution < -0.4 is 0 Å². The van der Waals surface area contributed by atoms with Crippen LogP contribution >= 0.6 is 23.5 Å². The van der Waals surface area contributed by atoms with Gasteiger partial charge in [0.15, 0.2) is 5.70 Å². The standard InChI is InChI=1S/C13H13N3O4S2/c1-15-6-7(5-14-15)4-8-10(18)16-9(12(19)20)13(21-3-2-17)22-11(8)16/h4-6,11,17H,2-3H2,1H3,(H,19,20)/b8-4-/t11-/m1/s1. The zero-order valence-electron chi connectivity index (χ0n) is 11.6. The van der Waals surface area contributed by atoms with Crippen molar-refractivity contribution in [1.29, 1.82) is 0 Å². The summed E-state index contributed by atoms with van der Waals surface area (Å²) >= 11 is 2.59. The van der Waals surface area contributed by atoms with E-state index >= 15 is 0 Å². The summed E-state index contributed by atoms with van der Waals surface area (Å²) in [6, 6.07) is 0. The molecule has 0 bridgehead atoms. The van der Waals surface area contributed by atoms with E-state index in [1.165, 1.54) is 28.4 Å². The van der Waals surface area contributed by atoms with E-state index in [1.807, 2.05) is 0 Å². The number of aliphatic carboxylic acids is 1. The number of hydrogen-bond acceptors (Lipinski definition) is 6. The summed E-state index contributed by atoms with van der Waals surface area (Å²) in [6.45, 7) is -0.0430. The highest BCUT2D eigenvalue weighted by atomic mass is 32.2. The first-order valence-corrected chi connectivity index (χ1v) is 8.31. The molecule has 22 heavy (non-hydrogen) atoms. The van der Waals surface area contributed by atoms with E-state index in [0.29, 0.717) is 15.6 Å². The second-order valence-corrected chi connectivity index (χ2v) is 7.16. The lowest BCUT2D eigenvalue weighted by atomic mass is 10.0. The molecule has 0 spiro atoms. The van der Waals surface area contributed by atoms with E-state index in [2.05, 4.69) is 5.10 Å². The number of β-lactam (4-membered cyclic amide) rings is 1. The van der Waals surface area contributed by atoms with Crippen LogP contribution in [0.2, 0.25) is 0 Å². The predicted octanol–water partition coefficient (Wildman–Crippen LogP) is 0.698. The van der Waals surface area contributed by atoms with Crippen LogP contribution in [0.25, 0.3) is 6.08 Å². The zero-order valence-corrected chi connectivity index (χ0v) is 13.2. The lowest BCUT2D eigenvalue weighted by molar-refractivity contribution is -0.141. The maximum atomic E-state index is 12.2. The second-order valence-electron chi connectivity index (χ2n) is 4.71. The SMILES string of the molecule is Cn1cc(/C=C2/C(=O)N3C(C(=O)O)=C(SCCO)S[C@H]23)cn1. The number of carbonyl (C=O) groups excluding carboxylic acids is 1. The molecule has 7 nitrogen and oxygen atoms in total. The molecule has 1 saturated heterocycles. The van der Waals surface area contributed by atoms with Gasteiger partial charge in [-0.25, -0.2) is 4.79 Å². The Kier molecular flexibility index (Phi) is 4.02. The van der Waals surface area contributed by atoms with Crippen molar-refractivity contribution in [2.45, 2.75) is 5.37 Å². The maximum Gasteiger partial charge on any atom is 0.354 e. The molecule has 2 N–H and O–H groups in total. The molecule has 1 aromatic rings. The van der Waals surface area contributed by atoms with Gasteiger partial charge < -0.3 is 10.2 Å². The summed E-state index contributed by atoms with van der Waals surface area (Å²) in [5.41, 5.74) is 1.39. The molecule has 3 rings (SSSR count). The van der Waals surface area contributed by atoms with Crippen molar-refractivity contribution in [1.82, 2.24) is 14.7 Å². The van der Waals surface area contributed by atoms with Crippen molar-refractivity contribution in [2.75, 3.05) is 12.4 Å². The number of aliphatic hydroxyl groups excluding tert-OH is 1. The van der Waals surface area contributed by atoms with Crippen LogP contribution in [0.1, 0.15) is 5.56 Å². The third-order valence-electron chi connectivity index (χ3n) is 3.19. The number of aliphatic hydroxyl groups is 1. The van der Waals surface area contributed by atoms with E-state index in [4.69, 9.17) is 5.11 Å². The molecule has 0 radical (unpaired) electrons. The predicted molar refractivity (Wildman–Crippen MR) is 83.6 cm³/mol. The molecule has 116 valence electrons. The Morgan fingerprint density at radius 2 is 2.36 bits per heavy atom. The van der Waals surface area contributed by atoms with Crippen LogP contribution in [0.4, 0.5) is 0 Å². The summed E-state index contributed by atoms with van der Waals surface area (Å²) in [4.78, 5) is 25.0. The first-order chi connectivity index (χ1) is 10.5. The van der Waals surface area contributed by atoms with Gasteiger partial charge in [0.1, 0.15) is 5.37 Å². The van der Waals surface area contributed by atoms with Crippen molar-refractivity contribution in [3.05, 3.63) is 33.5 Å². The molecule has 1 amide bonds. The fourth-order valence-electron chi connectivity index (χ4n) is 2.27. The molecule has 1 atom stereocenters. The summed E-state index contributed by atoms with van der Waals surface area (Å²) in [6.07, 6.45) is 5.17. The quantitative estimate of drug-likeness (QED) is 0.602. The zero-order chi connectivity index (χ0) is 15.9. The number of amides is 1. The molecular weight excluding hydrogens is 326 g/mol. The Morgan fingerprint density at radius 1 is 1.59 bits per heavy atom. The maximum absolute atomic E-state index is 12.2. The highest BCUT2D eigenvalue weighted by molar-refractivity contribution is 8.22. The first-order valence-electron chi connectivity index (χ1n) is 6.44. The minimum atomic E-state index is -1.12. The topological polar surface area (TPSA) is 95.7 Å². The van der Waals surface area contributed by atoms with Gasteiger partial charge in [-0.05, 0) is 6.08 Å². The molecule has 9 heteroatoms. The van der Waals surface area contributed by atoms with Gasteiger partial charge in [-0.3, -0.25) is 14.4 Å². The first kappa shape index (κ1) is 15.2. The van der Waals surface area contributed by atoms with E-state index in [9.17, 15) is 14.7 Å². The van der Waals surface area contributed by atoms with E-state index in [0.717, 1.165) is 5.56 Å². The summed E-state index contributed by atoms with van der Waals surface area (Å²) < 4.78 is 2.20. The van der Waals surface area contributed by atoms with Crippen molar-refractivity contribution in [3.8, 4) is 0 Å². The fourth-order valence-corrected chi connectivity index (χ4v) is 4.77. The number of aryl methyl sites for hydroxylation is 1. The van der Waals surface area contributed by atoms with Crippen molar-refractivity contribution in [3.63, 3.8) is 0 Å². The van der Waals surface area contributed by atoms with Gasteiger partial charge in [0.05, 0.1) is 22.6 Å².